The SMILES string of the molecule is CC1CCCCN1C(=O)c1ccc(NC(=O)C2(C#N)CC23CCCC3)cc1Cl. The Labute approximate surface area is 171 Å². The molecule has 1 aromatic rings. The van der Waals surface area contributed by atoms with E-state index in [4.69, 9.17) is 11.6 Å². The number of nitrogens with one attached hydrogen (secondary N) is 1. The Morgan fingerprint density at radius 2 is 2.00 bits per heavy atom. The van der Waals surface area contributed by atoms with Crippen LogP contribution in [0.4, 0.5) is 5.69 Å². The van der Waals surface area contributed by atoms with Crippen molar-refractivity contribution in [3.8, 4) is 6.07 Å². The van der Waals surface area contributed by atoms with Gasteiger partial charge in [-0.3, -0.25) is 9.59 Å². The van der Waals surface area contributed by atoms with Crippen molar-refractivity contribution < 1.29 is 9.59 Å². The molecule has 3 aliphatic rings. The average Bonchev–Trinajstić information content (AvgIpc) is 3.07. The van der Waals surface area contributed by atoms with Crippen molar-refractivity contribution in [2.24, 2.45) is 10.8 Å². The number of nitrogens with zero attached hydrogens (tertiary/aromatic N) is 2. The minimum absolute atomic E-state index is 0.0596. The standard InChI is InChI=1S/C22H26ClN3O2/c1-15-6-2-5-11-26(15)19(27)17-8-7-16(12-18(17)23)25-20(28)22(14-24)13-21(22)9-3-4-10-21/h7-8,12,15H,2-6,9-11,13H2,1H3,(H,25,28). The molecule has 28 heavy (non-hydrogen) atoms. The summed E-state index contributed by atoms with van der Waals surface area (Å²) in [5.41, 5.74) is -0.0427. The number of likely N-dealkylation sites (tertiary alicyclic amines) is 1. The van der Waals surface area contributed by atoms with Gasteiger partial charge < -0.3 is 10.2 Å². The van der Waals surface area contributed by atoms with Gasteiger partial charge in [0.2, 0.25) is 5.91 Å². The Morgan fingerprint density at radius 3 is 2.64 bits per heavy atom. The number of anilines is 1. The molecule has 2 atom stereocenters. The highest BCUT2D eigenvalue weighted by atomic mass is 35.5. The third kappa shape index (κ3) is 2.99. The van der Waals surface area contributed by atoms with Crippen LogP contribution in [0.3, 0.4) is 0 Å². The molecule has 2 aliphatic carbocycles. The van der Waals surface area contributed by atoms with E-state index in [1.165, 1.54) is 0 Å². The Balaban J connectivity index is 1.48. The summed E-state index contributed by atoms with van der Waals surface area (Å²) >= 11 is 6.40. The molecule has 148 valence electrons. The fourth-order valence-electron chi connectivity index (χ4n) is 5.21. The number of benzene rings is 1. The van der Waals surface area contributed by atoms with E-state index in [1.54, 1.807) is 18.2 Å². The van der Waals surface area contributed by atoms with E-state index >= 15 is 0 Å². The van der Waals surface area contributed by atoms with Crippen LogP contribution in [-0.2, 0) is 4.79 Å². The maximum atomic E-state index is 12.9. The molecule has 2 amide bonds. The van der Waals surface area contributed by atoms with Gasteiger partial charge in [-0.2, -0.15) is 5.26 Å². The molecule has 3 fully saturated rings. The second-order valence-corrected chi connectivity index (χ2v) is 9.08. The van der Waals surface area contributed by atoms with Gasteiger partial charge in [-0.05, 0) is 63.6 Å². The van der Waals surface area contributed by atoms with Gasteiger partial charge >= 0.3 is 0 Å². The maximum Gasteiger partial charge on any atom is 0.255 e. The highest BCUT2D eigenvalue weighted by Gasteiger charge is 2.72. The van der Waals surface area contributed by atoms with Gasteiger partial charge in [-0.15, -0.1) is 0 Å². The minimum atomic E-state index is -0.909. The molecule has 0 radical (unpaired) electrons. The van der Waals surface area contributed by atoms with Crippen molar-refractivity contribution >= 4 is 29.1 Å². The molecule has 2 unspecified atom stereocenters. The smallest absolute Gasteiger partial charge is 0.255 e. The van der Waals surface area contributed by atoms with Crippen LogP contribution in [0.5, 0.6) is 0 Å². The zero-order chi connectivity index (χ0) is 19.9. The molecule has 2 saturated carbocycles. The molecule has 0 aromatic heterocycles. The Bertz CT molecular complexity index is 856. The third-order valence-corrected chi connectivity index (χ3v) is 7.36. The van der Waals surface area contributed by atoms with Crippen molar-refractivity contribution in [1.82, 2.24) is 4.90 Å². The van der Waals surface area contributed by atoms with Crippen LogP contribution in [0, 0.1) is 22.2 Å². The van der Waals surface area contributed by atoms with Crippen LogP contribution in [0.1, 0.15) is 68.6 Å². The van der Waals surface area contributed by atoms with Gasteiger partial charge in [-0.1, -0.05) is 24.4 Å². The Kier molecular flexibility index (Phi) is 4.87. The van der Waals surface area contributed by atoms with Crippen LogP contribution in [0.2, 0.25) is 5.02 Å². The van der Waals surface area contributed by atoms with Gasteiger partial charge in [0.05, 0.1) is 16.7 Å². The number of carbonyl (C=O) groups excluding carboxylic acids is 2. The van der Waals surface area contributed by atoms with Crippen molar-refractivity contribution in [2.45, 2.75) is 64.3 Å². The van der Waals surface area contributed by atoms with E-state index in [0.717, 1.165) is 51.5 Å². The number of halogens is 1. The van der Waals surface area contributed by atoms with Crippen LogP contribution < -0.4 is 5.32 Å². The van der Waals surface area contributed by atoms with Crippen LogP contribution in [-0.4, -0.2) is 29.3 Å². The first-order valence-corrected chi connectivity index (χ1v) is 10.6. The fraction of sp³-hybridized carbons (Fsp3) is 0.591. The first-order valence-electron chi connectivity index (χ1n) is 10.3. The summed E-state index contributed by atoms with van der Waals surface area (Å²) in [4.78, 5) is 27.6. The van der Waals surface area contributed by atoms with Gasteiger partial charge in [0.25, 0.3) is 5.91 Å². The third-order valence-electron chi connectivity index (χ3n) is 7.04. The second kappa shape index (κ2) is 7.08. The molecule has 1 spiro atoms. The fourth-order valence-corrected chi connectivity index (χ4v) is 5.47. The van der Waals surface area contributed by atoms with Crippen molar-refractivity contribution in [1.29, 1.82) is 5.26 Å². The summed E-state index contributed by atoms with van der Waals surface area (Å²) in [6.45, 7) is 2.82. The highest BCUT2D eigenvalue weighted by molar-refractivity contribution is 6.34. The molecule has 6 heteroatoms. The first-order chi connectivity index (χ1) is 13.4. The number of nitriles is 1. The first kappa shape index (κ1) is 19.3. The van der Waals surface area contributed by atoms with Gasteiger partial charge in [0.1, 0.15) is 5.41 Å². The van der Waals surface area contributed by atoms with Gasteiger partial charge in [0, 0.05) is 23.7 Å². The predicted molar refractivity (Wildman–Crippen MR) is 108 cm³/mol. The molecule has 1 aromatic carbocycles. The zero-order valence-corrected chi connectivity index (χ0v) is 17.0. The van der Waals surface area contributed by atoms with Crippen molar-refractivity contribution in [3.63, 3.8) is 0 Å². The summed E-state index contributed by atoms with van der Waals surface area (Å²) in [7, 11) is 0. The average molecular weight is 400 g/mol. The molecule has 5 nitrogen and oxygen atoms in total. The summed E-state index contributed by atoms with van der Waals surface area (Å²) in [6, 6.07) is 7.51. The van der Waals surface area contributed by atoms with E-state index in [2.05, 4.69) is 18.3 Å². The zero-order valence-electron chi connectivity index (χ0n) is 16.3. The van der Waals surface area contributed by atoms with Crippen LogP contribution in [0.15, 0.2) is 18.2 Å². The molecule has 1 heterocycles. The van der Waals surface area contributed by atoms with Crippen LogP contribution in [0.25, 0.3) is 0 Å². The van der Waals surface area contributed by atoms with E-state index < -0.39 is 5.41 Å². The van der Waals surface area contributed by atoms with E-state index in [9.17, 15) is 14.9 Å². The molecule has 1 aliphatic heterocycles. The van der Waals surface area contributed by atoms with E-state index in [-0.39, 0.29) is 23.3 Å². The summed E-state index contributed by atoms with van der Waals surface area (Å²) in [6.07, 6.45) is 7.91. The molecule has 0 bridgehead atoms. The quantitative estimate of drug-likeness (QED) is 0.795. The number of rotatable bonds is 3. The minimum Gasteiger partial charge on any atom is -0.336 e. The molecule has 1 N–H and O–H groups in total. The summed E-state index contributed by atoms with van der Waals surface area (Å²) in [5, 5.41) is 12.9. The number of piperidine rings is 1. The van der Waals surface area contributed by atoms with Crippen molar-refractivity contribution in [3.05, 3.63) is 28.8 Å². The number of hydrogen-bond acceptors (Lipinski definition) is 3. The Morgan fingerprint density at radius 1 is 1.25 bits per heavy atom. The summed E-state index contributed by atoms with van der Waals surface area (Å²) < 4.78 is 0. The molecular weight excluding hydrogens is 374 g/mol. The number of carbonyl (C=O) groups is 2. The lowest BCUT2D eigenvalue weighted by Crippen LogP contribution is -2.42. The molecule has 1 saturated heterocycles. The monoisotopic (exact) mass is 399 g/mol. The van der Waals surface area contributed by atoms with E-state index in [0.29, 0.717) is 22.7 Å². The molecular formula is C22H26ClN3O2. The predicted octanol–water partition coefficient (Wildman–Crippen LogP) is 4.77. The largest absolute Gasteiger partial charge is 0.336 e. The maximum absolute atomic E-state index is 12.9. The lowest BCUT2D eigenvalue weighted by Gasteiger charge is -2.33. The van der Waals surface area contributed by atoms with Gasteiger partial charge in [-0.25, -0.2) is 0 Å². The van der Waals surface area contributed by atoms with E-state index in [1.807, 2.05) is 4.90 Å². The lowest BCUT2D eigenvalue weighted by molar-refractivity contribution is -0.120. The second-order valence-electron chi connectivity index (χ2n) is 8.67. The van der Waals surface area contributed by atoms with Gasteiger partial charge in [0.15, 0.2) is 0 Å². The van der Waals surface area contributed by atoms with Crippen LogP contribution >= 0.6 is 11.6 Å². The number of hydrogen-bond donors (Lipinski definition) is 1. The van der Waals surface area contributed by atoms with Crippen molar-refractivity contribution in [2.75, 3.05) is 11.9 Å². The summed E-state index contributed by atoms with van der Waals surface area (Å²) in [5.74, 6) is -0.299. The molecule has 4 rings (SSSR count). The normalized spacial score (nSPS) is 28.0. The highest BCUT2D eigenvalue weighted by Crippen LogP contribution is 2.71. The number of amides is 2. The Hall–Kier alpha value is -2.06. The topological polar surface area (TPSA) is 73.2 Å². The lowest BCUT2D eigenvalue weighted by atomic mass is 9.91.